The van der Waals surface area contributed by atoms with Gasteiger partial charge in [0.25, 0.3) is 0 Å². The van der Waals surface area contributed by atoms with Crippen LogP contribution in [0.2, 0.25) is 0 Å². The minimum atomic E-state index is 0.239. The molecule has 4 heteroatoms. The monoisotopic (exact) mass is 300 g/mol. The summed E-state index contributed by atoms with van der Waals surface area (Å²) in [6, 6.07) is 6.47. The molecule has 2 unspecified atom stereocenters. The zero-order valence-electron chi connectivity index (χ0n) is 12.6. The fourth-order valence-electron chi connectivity index (χ4n) is 3.99. The van der Waals surface area contributed by atoms with Crippen molar-refractivity contribution < 1.29 is 4.74 Å². The molecule has 0 spiro atoms. The third-order valence-corrected chi connectivity index (χ3v) is 5.90. The number of aromatic nitrogens is 1. The van der Waals surface area contributed by atoms with Gasteiger partial charge in [0.2, 0.25) is 0 Å². The van der Waals surface area contributed by atoms with Crippen molar-refractivity contribution in [2.45, 2.75) is 39.0 Å². The van der Waals surface area contributed by atoms with Crippen LogP contribution in [0.25, 0.3) is 0 Å². The molecule has 2 heterocycles. The van der Waals surface area contributed by atoms with Gasteiger partial charge in [-0.05, 0) is 29.9 Å². The number of hydrogen-bond acceptors (Lipinski definition) is 4. The standard InChI is InChI=1S/C17H20N2OS/c1-9-15(19-16(18)21-9)14-13(17(14,2)3)11-5-4-6-12-10(11)7-8-20-12/h4-6,13-14H,7-8H2,1-3H3,(H2,18,19). The average Bonchev–Trinajstić information content (AvgIpc) is 2.81. The van der Waals surface area contributed by atoms with Crippen LogP contribution in [0.15, 0.2) is 18.2 Å². The maximum atomic E-state index is 5.90. The predicted molar refractivity (Wildman–Crippen MR) is 86.2 cm³/mol. The van der Waals surface area contributed by atoms with Crippen molar-refractivity contribution in [1.29, 1.82) is 0 Å². The Morgan fingerprint density at radius 1 is 1.33 bits per heavy atom. The minimum absolute atomic E-state index is 0.239. The summed E-state index contributed by atoms with van der Waals surface area (Å²) < 4.78 is 5.72. The Hall–Kier alpha value is -1.55. The van der Waals surface area contributed by atoms with E-state index in [4.69, 9.17) is 10.5 Å². The second-order valence-electron chi connectivity index (χ2n) is 6.69. The highest BCUT2D eigenvalue weighted by molar-refractivity contribution is 7.15. The topological polar surface area (TPSA) is 48.1 Å². The number of benzene rings is 1. The van der Waals surface area contributed by atoms with Gasteiger partial charge in [-0.15, -0.1) is 11.3 Å². The lowest BCUT2D eigenvalue weighted by molar-refractivity contribution is 0.357. The molecule has 2 atom stereocenters. The number of rotatable bonds is 2. The van der Waals surface area contributed by atoms with E-state index in [1.165, 1.54) is 21.7 Å². The van der Waals surface area contributed by atoms with E-state index in [-0.39, 0.29) is 5.41 Å². The molecule has 0 saturated heterocycles. The van der Waals surface area contributed by atoms with Gasteiger partial charge in [0.15, 0.2) is 5.13 Å². The normalized spacial score (nSPS) is 25.5. The first-order valence-corrected chi connectivity index (χ1v) is 8.29. The molecular weight excluding hydrogens is 280 g/mol. The second kappa shape index (κ2) is 4.23. The van der Waals surface area contributed by atoms with Crippen molar-refractivity contribution in [3.05, 3.63) is 39.9 Å². The van der Waals surface area contributed by atoms with Gasteiger partial charge in [0.1, 0.15) is 5.75 Å². The molecule has 0 amide bonds. The second-order valence-corrected chi connectivity index (χ2v) is 7.93. The molecule has 0 radical (unpaired) electrons. The maximum Gasteiger partial charge on any atom is 0.180 e. The molecule has 0 bridgehead atoms. The summed E-state index contributed by atoms with van der Waals surface area (Å²) in [5, 5.41) is 0.686. The number of thiazole rings is 1. The van der Waals surface area contributed by atoms with E-state index in [1.807, 2.05) is 0 Å². The van der Waals surface area contributed by atoms with Crippen LogP contribution in [0, 0.1) is 12.3 Å². The fourth-order valence-corrected chi connectivity index (χ4v) is 4.72. The molecular formula is C17H20N2OS. The number of ether oxygens (including phenoxy) is 1. The number of hydrogen-bond donors (Lipinski definition) is 1. The van der Waals surface area contributed by atoms with E-state index in [1.54, 1.807) is 11.3 Å². The third-order valence-electron chi connectivity index (χ3n) is 5.08. The largest absolute Gasteiger partial charge is 0.493 e. The van der Waals surface area contributed by atoms with Gasteiger partial charge >= 0.3 is 0 Å². The summed E-state index contributed by atoms with van der Waals surface area (Å²) in [5.74, 6) is 2.07. The molecule has 3 nitrogen and oxygen atoms in total. The lowest BCUT2D eigenvalue weighted by atomic mass is 9.96. The quantitative estimate of drug-likeness (QED) is 0.915. The summed E-state index contributed by atoms with van der Waals surface area (Å²) in [4.78, 5) is 5.86. The summed E-state index contributed by atoms with van der Waals surface area (Å²) in [5.41, 5.74) is 10.2. The summed E-state index contributed by atoms with van der Waals surface area (Å²) in [6.45, 7) is 7.62. The first kappa shape index (κ1) is 13.1. The van der Waals surface area contributed by atoms with E-state index in [0.29, 0.717) is 17.0 Å². The van der Waals surface area contributed by atoms with Crippen LogP contribution in [-0.2, 0) is 6.42 Å². The van der Waals surface area contributed by atoms with E-state index in [9.17, 15) is 0 Å². The molecule has 21 heavy (non-hydrogen) atoms. The van der Waals surface area contributed by atoms with Crippen LogP contribution in [0.5, 0.6) is 5.75 Å². The lowest BCUT2D eigenvalue weighted by Gasteiger charge is -2.08. The Labute approximate surface area is 129 Å². The van der Waals surface area contributed by atoms with Crippen molar-refractivity contribution in [3.63, 3.8) is 0 Å². The van der Waals surface area contributed by atoms with Crippen molar-refractivity contribution in [1.82, 2.24) is 4.98 Å². The molecule has 1 aliphatic carbocycles. The van der Waals surface area contributed by atoms with Crippen LogP contribution < -0.4 is 10.5 Å². The van der Waals surface area contributed by atoms with Gasteiger partial charge in [-0.2, -0.15) is 0 Å². The predicted octanol–water partition coefficient (Wildman–Crippen LogP) is 3.88. The zero-order chi connectivity index (χ0) is 14.8. The van der Waals surface area contributed by atoms with E-state index in [2.05, 4.69) is 44.0 Å². The number of nitrogens with two attached hydrogens (primary N) is 1. The molecule has 2 N–H and O–H groups in total. The molecule has 1 aromatic heterocycles. The Bertz CT molecular complexity index is 720. The molecule has 110 valence electrons. The van der Waals surface area contributed by atoms with Crippen LogP contribution >= 0.6 is 11.3 Å². The highest BCUT2D eigenvalue weighted by Crippen LogP contribution is 2.71. The Kier molecular flexibility index (Phi) is 2.65. The third kappa shape index (κ3) is 1.81. The SMILES string of the molecule is Cc1sc(N)nc1C1C(c2cccc3c2CCO3)C1(C)C. The van der Waals surface area contributed by atoms with Gasteiger partial charge < -0.3 is 10.5 Å². The Morgan fingerprint density at radius 3 is 2.86 bits per heavy atom. The molecule has 2 aromatic rings. The Balaban J connectivity index is 1.77. The van der Waals surface area contributed by atoms with Crippen molar-refractivity contribution in [2.24, 2.45) is 5.41 Å². The van der Waals surface area contributed by atoms with Crippen molar-refractivity contribution in [2.75, 3.05) is 12.3 Å². The number of anilines is 1. The molecule has 1 saturated carbocycles. The van der Waals surface area contributed by atoms with Crippen LogP contribution in [0.1, 0.15) is 47.4 Å². The summed E-state index contributed by atoms with van der Waals surface area (Å²) in [6.07, 6.45) is 1.03. The fraction of sp³-hybridized carbons (Fsp3) is 0.471. The number of nitrogens with zero attached hydrogens (tertiary/aromatic N) is 1. The van der Waals surface area contributed by atoms with Crippen LogP contribution in [0.4, 0.5) is 5.13 Å². The molecule has 2 aliphatic rings. The molecule has 1 aromatic carbocycles. The Morgan fingerprint density at radius 2 is 2.14 bits per heavy atom. The van der Waals surface area contributed by atoms with Gasteiger partial charge in [-0.3, -0.25) is 0 Å². The maximum absolute atomic E-state index is 5.90. The minimum Gasteiger partial charge on any atom is -0.493 e. The number of fused-ring (bicyclic) bond motifs is 1. The lowest BCUT2D eigenvalue weighted by Crippen LogP contribution is -1.94. The van der Waals surface area contributed by atoms with Gasteiger partial charge in [-0.1, -0.05) is 26.0 Å². The smallest absolute Gasteiger partial charge is 0.180 e. The van der Waals surface area contributed by atoms with Crippen molar-refractivity contribution in [3.8, 4) is 5.75 Å². The van der Waals surface area contributed by atoms with E-state index < -0.39 is 0 Å². The highest BCUT2D eigenvalue weighted by Gasteiger charge is 2.61. The first-order chi connectivity index (χ1) is 10.00. The number of nitrogen functional groups attached to an aromatic ring is 1. The van der Waals surface area contributed by atoms with Gasteiger partial charge in [-0.25, -0.2) is 4.98 Å². The molecule has 4 rings (SSSR count). The first-order valence-electron chi connectivity index (χ1n) is 7.47. The van der Waals surface area contributed by atoms with Crippen molar-refractivity contribution >= 4 is 16.5 Å². The highest BCUT2D eigenvalue weighted by atomic mass is 32.1. The number of aryl methyl sites for hydroxylation is 1. The van der Waals surface area contributed by atoms with Crippen LogP contribution in [-0.4, -0.2) is 11.6 Å². The van der Waals surface area contributed by atoms with Gasteiger partial charge in [0, 0.05) is 22.8 Å². The van der Waals surface area contributed by atoms with E-state index >= 15 is 0 Å². The zero-order valence-corrected chi connectivity index (χ0v) is 13.5. The summed E-state index contributed by atoms with van der Waals surface area (Å²) in [7, 11) is 0. The molecule has 1 aliphatic heterocycles. The molecule has 1 fully saturated rings. The van der Waals surface area contributed by atoms with E-state index in [0.717, 1.165) is 18.8 Å². The average molecular weight is 300 g/mol. The van der Waals surface area contributed by atoms with Gasteiger partial charge in [0.05, 0.1) is 12.3 Å². The van der Waals surface area contributed by atoms with Crippen LogP contribution in [0.3, 0.4) is 0 Å². The summed E-state index contributed by atoms with van der Waals surface area (Å²) >= 11 is 1.60.